The molecule has 11 aromatic rings. The smallest absolute Gasteiger partial charge is 0.0747 e. The van der Waals surface area contributed by atoms with E-state index in [1.165, 1.54) is 90.8 Å². The van der Waals surface area contributed by atoms with Crippen LogP contribution in [-0.4, -0.2) is 9.55 Å². The maximum absolute atomic E-state index is 5.40. The van der Waals surface area contributed by atoms with E-state index in [0.29, 0.717) is 0 Å². The minimum Gasteiger partial charge on any atom is -0.309 e. The predicted molar refractivity (Wildman–Crippen MR) is 219 cm³/mol. The van der Waals surface area contributed by atoms with E-state index in [4.69, 9.17) is 4.98 Å². The summed E-state index contributed by atoms with van der Waals surface area (Å²) in [5, 5.41) is 14.8. The second kappa shape index (κ2) is 10.1. The number of hydrogen-bond donors (Lipinski definition) is 0. The van der Waals surface area contributed by atoms with Gasteiger partial charge < -0.3 is 4.57 Å². The van der Waals surface area contributed by atoms with Crippen molar-refractivity contribution >= 4 is 107 Å². The van der Waals surface area contributed by atoms with Crippen LogP contribution in [0.3, 0.4) is 0 Å². The summed E-state index contributed by atoms with van der Waals surface area (Å²) < 4.78 is 5.03. The Labute approximate surface area is 296 Å². The Hall–Kier alpha value is -6.29. The SMILES string of the molecule is c1ccc(-n2c3ccc4cc3c3cc(ccc32)c2ccc3c(n2)c2cc(ccc2C3)c2ccc3sc5ccc(cc5c3c2)c2cccc4c2)cc1. The van der Waals surface area contributed by atoms with Gasteiger partial charge in [-0.2, -0.15) is 0 Å². The molecule has 2 nitrogen and oxygen atoms in total. The summed E-state index contributed by atoms with van der Waals surface area (Å²) in [6, 6.07) is 59.0. The molecule has 236 valence electrons. The number of nitrogens with zero attached hydrogens (tertiary/aromatic N) is 2. The Kier molecular flexibility index (Phi) is 5.47. The van der Waals surface area contributed by atoms with Crippen LogP contribution in [0.25, 0.3) is 102 Å². The first-order valence-electron chi connectivity index (χ1n) is 17.6. The molecule has 0 spiro atoms. The topological polar surface area (TPSA) is 17.8 Å². The van der Waals surface area contributed by atoms with E-state index in [-0.39, 0.29) is 0 Å². The van der Waals surface area contributed by atoms with Gasteiger partial charge in [-0.25, -0.2) is 4.98 Å². The lowest BCUT2D eigenvalue weighted by Crippen LogP contribution is -1.92. The fourth-order valence-corrected chi connectivity index (χ4v) is 9.66. The van der Waals surface area contributed by atoms with Crippen molar-refractivity contribution in [3.63, 3.8) is 0 Å². The Bertz CT molecular complexity index is 3390. The molecule has 14 bridgehead atoms. The Morgan fingerprint density at radius 1 is 0.412 bits per heavy atom. The van der Waals surface area contributed by atoms with E-state index < -0.39 is 0 Å². The van der Waals surface area contributed by atoms with Crippen molar-refractivity contribution in [2.45, 2.75) is 6.42 Å². The quantitative estimate of drug-likeness (QED) is 0.171. The number of pyridine rings is 1. The molecule has 1 aliphatic carbocycles. The van der Waals surface area contributed by atoms with Crippen molar-refractivity contribution in [3.05, 3.63) is 169 Å². The van der Waals surface area contributed by atoms with Crippen LogP contribution in [0.5, 0.6) is 0 Å². The van der Waals surface area contributed by atoms with Crippen molar-refractivity contribution in [3.8, 4) is 5.69 Å². The molecule has 7 aromatic carbocycles. The first-order valence-corrected chi connectivity index (χ1v) is 18.4. The van der Waals surface area contributed by atoms with Crippen molar-refractivity contribution < 1.29 is 0 Å². The summed E-state index contributed by atoms with van der Waals surface area (Å²) in [7, 11) is 0. The van der Waals surface area contributed by atoms with Gasteiger partial charge in [0, 0.05) is 53.8 Å². The minimum atomic E-state index is 0.918. The molecular weight excluding hydrogens is 637 g/mol. The number of rotatable bonds is 1. The molecule has 0 amide bonds. The van der Waals surface area contributed by atoms with E-state index in [2.05, 4.69) is 162 Å². The molecule has 0 saturated heterocycles. The number of thiophene rings is 1. The van der Waals surface area contributed by atoms with Crippen LogP contribution < -0.4 is 0 Å². The van der Waals surface area contributed by atoms with Crippen LogP contribution in [0.2, 0.25) is 0 Å². The molecule has 12 rings (SSSR count). The molecule has 1 aliphatic rings. The van der Waals surface area contributed by atoms with Gasteiger partial charge in [-0.3, -0.25) is 0 Å². The number of aromatic nitrogens is 2. The molecule has 0 fully saturated rings. The lowest BCUT2D eigenvalue weighted by molar-refractivity contribution is 1.18. The van der Waals surface area contributed by atoms with E-state index >= 15 is 0 Å². The third kappa shape index (κ3) is 4.01. The van der Waals surface area contributed by atoms with Gasteiger partial charge in [0.05, 0.1) is 22.1 Å². The molecule has 0 radical (unpaired) electrons. The molecule has 0 saturated carbocycles. The Morgan fingerprint density at radius 2 is 0.961 bits per heavy atom. The monoisotopic (exact) mass is 664 g/mol. The Morgan fingerprint density at radius 3 is 1.67 bits per heavy atom. The van der Waals surface area contributed by atoms with Crippen LogP contribution in [-0.2, 0) is 6.42 Å². The van der Waals surface area contributed by atoms with E-state index in [1.54, 1.807) is 0 Å². The molecule has 4 heterocycles. The van der Waals surface area contributed by atoms with Gasteiger partial charge in [0.1, 0.15) is 0 Å². The van der Waals surface area contributed by atoms with Gasteiger partial charge in [-0.05, 0) is 122 Å². The van der Waals surface area contributed by atoms with Crippen molar-refractivity contribution in [1.29, 1.82) is 0 Å². The highest BCUT2D eigenvalue weighted by Gasteiger charge is 2.17. The zero-order valence-corrected chi connectivity index (χ0v) is 28.3. The van der Waals surface area contributed by atoms with Crippen molar-refractivity contribution in [1.82, 2.24) is 9.55 Å². The van der Waals surface area contributed by atoms with Crippen LogP contribution in [0.4, 0.5) is 0 Å². The maximum atomic E-state index is 5.40. The number of hydrogen-bond acceptors (Lipinski definition) is 2. The highest BCUT2D eigenvalue weighted by atomic mass is 32.1. The first kappa shape index (κ1) is 27.5. The lowest BCUT2D eigenvalue weighted by Gasteiger charge is -2.07. The average molecular weight is 665 g/mol. The largest absolute Gasteiger partial charge is 0.309 e. The van der Waals surface area contributed by atoms with Crippen LogP contribution in [0.1, 0.15) is 11.1 Å². The van der Waals surface area contributed by atoms with E-state index in [1.807, 2.05) is 11.3 Å². The number of fused-ring (bicyclic) bond motifs is 12. The van der Waals surface area contributed by atoms with Gasteiger partial charge in [0.2, 0.25) is 0 Å². The molecule has 0 aliphatic heterocycles. The lowest BCUT2D eigenvalue weighted by atomic mass is 10.0. The van der Waals surface area contributed by atoms with Gasteiger partial charge in [-0.15, -0.1) is 11.3 Å². The number of benzene rings is 7. The van der Waals surface area contributed by atoms with Crippen LogP contribution >= 0.6 is 11.3 Å². The zero-order valence-electron chi connectivity index (χ0n) is 27.5. The predicted octanol–water partition coefficient (Wildman–Crippen LogP) is 13.3. The average Bonchev–Trinajstić information content (AvgIpc) is 3.85. The number of para-hydroxylation sites is 1. The first-order chi connectivity index (χ1) is 25.2. The fourth-order valence-electron chi connectivity index (χ4n) is 8.59. The second-order valence-electron chi connectivity index (χ2n) is 14.0. The van der Waals surface area contributed by atoms with Crippen molar-refractivity contribution in [2.24, 2.45) is 0 Å². The molecule has 0 N–H and O–H groups in total. The zero-order chi connectivity index (χ0) is 33.2. The summed E-state index contributed by atoms with van der Waals surface area (Å²) in [6.45, 7) is 0. The Balaban J connectivity index is 1.28. The highest BCUT2D eigenvalue weighted by molar-refractivity contribution is 7.25. The standard InChI is InChI=1S/C48H28N2S/c1-2-7-37(8-3-1)50-44-17-12-31-24-39(44)40-27-35(13-18-45(40)50)43-16-11-36-22-34-10-9-30(23-38(34)48(36)49-43)33-15-20-47-42(26-33)41-25-32(14-19-46(41)51-47)29-6-4-5-28(31)21-29/h1-21,23-27H,22H2. The molecule has 51 heavy (non-hydrogen) atoms. The summed E-state index contributed by atoms with van der Waals surface area (Å²) in [5.74, 6) is 0. The summed E-state index contributed by atoms with van der Waals surface area (Å²) in [4.78, 5) is 5.40. The van der Waals surface area contributed by atoms with E-state index in [0.717, 1.165) is 28.5 Å². The van der Waals surface area contributed by atoms with Gasteiger partial charge in [0.15, 0.2) is 0 Å². The third-order valence-electron chi connectivity index (χ3n) is 11.1. The highest BCUT2D eigenvalue weighted by Crippen LogP contribution is 2.39. The molecule has 4 aromatic heterocycles. The van der Waals surface area contributed by atoms with Gasteiger partial charge >= 0.3 is 0 Å². The van der Waals surface area contributed by atoms with Gasteiger partial charge in [-0.1, -0.05) is 78.9 Å². The second-order valence-corrected chi connectivity index (χ2v) is 15.1. The summed E-state index contributed by atoms with van der Waals surface area (Å²) in [6.07, 6.45) is 0.918. The normalized spacial score (nSPS) is 12.6. The summed E-state index contributed by atoms with van der Waals surface area (Å²) in [5.41, 5.74) is 8.30. The third-order valence-corrected chi connectivity index (χ3v) is 12.3. The fraction of sp³-hybridized carbons (Fsp3) is 0.0208. The molecular formula is C48H28N2S. The minimum absolute atomic E-state index is 0.918. The maximum Gasteiger partial charge on any atom is 0.0747 e. The molecule has 0 unspecified atom stereocenters. The van der Waals surface area contributed by atoms with Crippen LogP contribution in [0.15, 0.2) is 158 Å². The summed E-state index contributed by atoms with van der Waals surface area (Å²) >= 11 is 1.88. The van der Waals surface area contributed by atoms with Crippen LogP contribution in [0, 0.1) is 0 Å². The van der Waals surface area contributed by atoms with E-state index in [9.17, 15) is 0 Å². The molecule has 0 atom stereocenters. The van der Waals surface area contributed by atoms with Crippen molar-refractivity contribution in [2.75, 3.05) is 0 Å². The molecule has 3 heteroatoms. The van der Waals surface area contributed by atoms with Gasteiger partial charge in [0.25, 0.3) is 0 Å².